The molecular weight excluding hydrogens is 260 g/mol. The van der Waals surface area contributed by atoms with Crippen LogP contribution in [0.15, 0.2) is 36.7 Å². The molecule has 0 spiro atoms. The van der Waals surface area contributed by atoms with Crippen LogP contribution < -0.4 is 5.32 Å². The Morgan fingerprint density at radius 2 is 1.90 bits per heavy atom. The van der Waals surface area contributed by atoms with Gasteiger partial charge < -0.3 is 5.32 Å². The summed E-state index contributed by atoms with van der Waals surface area (Å²) in [6.07, 6.45) is 7.82. The molecule has 0 radical (unpaired) electrons. The van der Waals surface area contributed by atoms with Crippen molar-refractivity contribution in [1.29, 1.82) is 0 Å². The van der Waals surface area contributed by atoms with Crippen LogP contribution in [0.5, 0.6) is 0 Å². The predicted molar refractivity (Wildman–Crippen MR) is 84.1 cm³/mol. The first-order valence-corrected chi connectivity index (χ1v) is 7.94. The molecule has 4 nitrogen and oxygen atoms in total. The van der Waals surface area contributed by atoms with Crippen LogP contribution in [0.25, 0.3) is 0 Å². The summed E-state index contributed by atoms with van der Waals surface area (Å²) in [7, 11) is 1.91. The Morgan fingerprint density at radius 1 is 1.14 bits per heavy atom. The maximum atomic E-state index is 4.31. The van der Waals surface area contributed by atoms with E-state index in [1.807, 2.05) is 7.05 Å². The minimum Gasteiger partial charge on any atom is -0.314 e. The van der Waals surface area contributed by atoms with Gasteiger partial charge in [0.25, 0.3) is 0 Å². The maximum Gasteiger partial charge on any atom is 0.151 e. The van der Waals surface area contributed by atoms with E-state index >= 15 is 0 Å². The number of hydrogen-bond acceptors (Lipinski definition) is 3. The highest BCUT2D eigenvalue weighted by Gasteiger charge is 2.21. The highest BCUT2D eigenvalue weighted by atomic mass is 15.3. The zero-order chi connectivity index (χ0) is 14.5. The van der Waals surface area contributed by atoms with Crippen LogP contribution in [-0.4, -0.2) is 27.4 Å². The largest absolute Gasteiger partial charge is 0.314 e. The summed E-state index contributed by atoms with van der Waals surface area (Å²) in [5.41, 5.74) is 1.51. The molecule has 1 N–H and O–H groups in total. The highest BCUT2D eigenvalue weighted by Crippen LogP contribution is 2.32. The van der Waals surface area contributed by atoms with E-state index in [0.29, 0.717) is 6.04 Å². The number of aromatic nitrogens is 3. The molecule has 2 aromatic rings. The Kier molecular flexibility index (Phi) is 4.65. The van der Waals surface area contributed by atoms with E-state index < -0.39 is 0 Å². The minimum atomic E-state index is 0.661. The summed E-state index contributed by atoms with van der Waals surface area (Å²) < 4.78 is 1.76. The number of benzene rings is 1. The quantitative estimate of drug-likeness (QED) is 0.918. The van der Waals surface area contributed by atoms with Crippen molar-refractivity contribution in [3.05, 3.63) is 48.0 Å². The lowest BCUT2D eigenvalue weighted by atomic mass is 9.82. The summed E-state index contributed by atoms with van der Waals surface area (Å²) in [6, 6.07) is 11.6. The molecule has 112 valence electrons. The van der Waals surface area contributed by atoms with Crippen molar-refractivity contribution in [1.82, 2.24) is 20.1 Å². The molecule has 1 aliphatic rings. The van der Waals surface area contributed by atoms with Gasteiger partial charge in [-0.05, 0) is 37.2 Å². The first-order valence-electron chi connectivity index (χ1n) is 7.94. The van der Waals surface area contributed by atoms with Crippen LogP contribution in [0.2, 0.25) is 0 Å². The first kappa shape index (κ1) is 14.3. The topological polar surface area (TPSA) is 42.7 Å². The minimum absolute atomic E-state index is 0.661. The van der Waals surface area contributed by atoms with Crippen LogP contribution >= 0.6 is 0 Å². The summed E-state index contributed by atoms with van der Waals surface area (Å²) >= 11 is 0. The molecule has 21 heavy (non-hydrogen) atoms. The fourth-order valence-electron chi connectivity index (χ4n) is 3.24. The number of hydrogen-bond donors (Lipinski definition) is 1. The number of rotatable bonds is 5. The molecule has 0 atom stereocenters. The molecule has 1 aromatic heterocycles. The molecule has 0 unspecified atom stereocenters. The molecule has 1 aliphatic carbocycles. The molecule has 3 rings (SSSR count). The van der Waals surface area contributed by atoms with Gasteiger partial charge in [-0.2, -0.15) is 5.10 Å². The molecule has 1 fully saturated rings. The lowest BCUT2D eigenvalue weighted by Crippen LogP contribution is -2.34. The number of nitrogens with one attached hydrogen (secondary N) is 1. The molecule has 1 saturated carbocycles. The molecule has 0 bridgehead atoms. The second kappa shape index (κ2) is 6.85. The molecule has 0 amide bonds. The van der Waals surface area contributed by atoms with Crippen molar-refractivity contribution in [2.75, 3.05) is 6.54 Å². The van der Waals surface area contributed by atoms with Gasteiger partial charge in [0.2, 0.25) is 0 Å². The zero-order valence-electron chi connectivity index (χ0n) is 12.7. The Morgan fingerprint density at radius 3 is 2.57 bits per heavy atom. The summed E-state index contributed by atoms with van der Waals surface area (Å²) in [4.78, 5) is 4.26. The molecule has 0 saturated heterocycles. The van der Waals surface area contributed by atoms with Crippen molar-refractivity contribution in [3.8, 4) is 0 Å². The van der Waals surface area contributed by atoms with Crippen molar-refractivity contribution < 1.29 is 0 Å². The summed E-state index contributed by atoms with van der Waals surface area (Å²) in [5.74, 6) is 1.68. The van der Waals surface area contributed by atoms with Crippen LogP contribution in [0.3, 0.4) is 0 Å². The molecule has 1 aromatic carbocycles. The fraction of sp³-hybridized carbons (Fsp3) is 0.529. The van der Waals surface area contributed by atoms with E-state index in [9.17, 15) is 0 Å². The smallest absolute Gasteiger partial charge is 0.151 e. The lowest BCUT2D eigenvalue weighted by Gasteiger charge is -2.29. The fourth-order valence-corrected chi connectivity index (χ4v) is 3.24. The third kappa shape index (κ3) is 3.91. The average Bonchev–Trinajstić information content (AvgIpc) is 2.94. The van der Waals surface area contributed by atoms with Crippen molar-refractivity contribution >= 4 is 0 Å². The van der Waals surface area contributed by atoms with E-state index in [-0.39, 0.29) is 0 Å². The van der Waals surface area contributed by atoms with Crippen molar-refractivity contribution in [3.63, 3.8) is 0 Å². The molecule has 4 heteroatoms. The summed E-state index contributed by atoms with van der Waals surface area (Å²) in [5, 5.41) is 7.97. The number of nitrogens with zero attached hydrogens (tertiary/aromatic N) is 3. The normalized spacial score (nSPS) is 22.3. The average molecular weight is 284 g/mol. The van der Waals surface area contributed by atoms with Gasteiger partial charge in [-0.25, -0.2) is 4.98 Å². The SMILES string of the molecule is Cn1cnc(CCNC2CCC(c3ccccc3)CC2)n1. The van der Waals surface area contributed by atoms with Gasteiger partial charge in [0.15, 0.2) is 5.82 Å². The van der Waals surface area contributed by atoms with Crippen LogP contribution in [-0.2, 0) is 13.5 Å². The second-order valence-corrected chi connectivity index (χ2v) is 6.00. The van der Waals surface area contributed by atoms with Gasteiger partial charge in [-0.3, -0.25) is 4.68 Å². The van der Waals surface area contributed by atoms with Gasteiger partial charge in [-0.15, -0.1) is 0 Å². The Bertz CT molecular complexity index is 541. The van der Waals surface area contributed by atoms with E-state index in [0.717, 1.165) is 24.7 Å². The van der Waals surface area contributed by atoms with Crippen LogP contribution in [0, 0.1) is 0 Å². The Labute approximate surface area is 126 Å². The monoisotopic (exact) mass is 284 g/mol. The van der Waals surface area contributed by atoms with E-state index in [4.69, 9.17) is 0 Å². The third-order valence-electron chi connectivity index (χ3n) is 4.43. The van der Waals surface area contributed by atoms with Gasteiger partial charge in [0.05, 0.1) is 0 Å². The summed E-state index contributed by atoms with van der Waals surface area (Å²) in [6.45, 7) is 0.977. The first-order chi connectivity index (χ1) is 10.3. The maximum absolute atomic E-state index is 4.31. The molecule has 1 heterocycles. The highest BCUT2D eigenvalue weighted by molar-refractivity contribution is 5.20. The van der Waals surface area contributed by atoms with Crippen LogP contribution in [0.4, 0.5) is 0 Å². The Balaban J connectivity index is 1.40. The lowest BCUT2D eigenvalue weighted by molar-refractivity contribution is 0.344. The van der Waals surface area contributed by atoms with Gasteiger partial charge in [0.1, 0.15) is 6.33 Å². The van der Waals surface area contributed by atoms with Crippen molar-refractivity contribution in [2.45, 2.75) is 44.1 Å². The number of aryl methyl sites for hydroxylation is 1. The van der Waals surface area contributed by atoms with Gasteiger partial charge >= 0.3 is 0 Å². The Hall–Kier alpha value is -1.68. The van der Waals surface area contributed by atoms with Gasteiger partial charge in [-0.1, -0.05) is 30.3 Å². The molecule has 0 aliphatic heterocycles. The van der Waals surface area contributed by atoms with E-state index in [1.54, 1.807) is 11.0 Å². The van der Waals surface area contributed by atoms with Gasteiger partial charge in [0, 0.05) is 26.1 Å². The van der Waals surface area contributed by atoms with E-state index in [1.165, 1.54) is 31.2 Å². The second-order valence-electron chi connectivity index (χ2n) is 6.00. The third-order valence-corrected chi connectivity index (χ3v) is 4.43. The zero-order valence-corrected chi connectivity index (χ0v) is 12.7. The van der Waals surface area contributed by atoms with Crippen molar-refractivity contribution in [2.24, 2.45) is 7.05 Å². The van der Waals surface area contributed by atoms with Crippen LogP contribution in [0.1, 0.15) is 43.0 Å². The standard InChI is InChI=1S/C17H24N4/c1-21-13-19-17(20-21)11-12-18-16-9-7-15(8-10-16)14-5-3-2-4-6-14/h2-6,13,15-16,18H,7-12H2,1H3. The van der Waals surface area contributed by atoms with E-state index in [2.05, 4.69) is 45.7 Å². The molecular formula is C17H24N4. The predicted octanol–water partition coefficient (Wildman–Crippen LogP) is 2.67.